The molecule has 0 saturated carbocycles. The summed E-state index contributed by atoms with van der Waals surface area (Å²) in [4.78, 5) is 0. The average Bonchev–Trinajstić information content (AvgIpc) is 1.79. The monoisotopic (exact) mass is 221 g/mol. The van der Waals surface area contributed by atoms with E-state index in [4.69, 9.17) is 5.41 Å². The number of hydrogen-bond donors (Lipinski definition) is 3. The molecule has 0 rings (SSSR count). The maximum absolute atomic E-state index is 9.44. The van der Waals surface area contributed by atoms with E-state index in [2.05, 4.69) is 26.5 Å². The van der Waals surface area contributed by atoms with Crippen molar-refractivity contribution in [2.75, 3.05) is 7.05 Å². The zero-order valence-corrected chi connectivity index (χ0v) is 8.36. The number of nitrogens with one attached hydrogen (secondary N) is 2. The quantitative estimate of drug-likeness (QED) is 0.486. The van der Waals surface area contributed by atoms with E-state index in [0.29, 0.717) is 0 Å². The largest absolute Gasteiger partial charge is 0.384 e. The summed E-state index contributed by atoms with van der Waals surface area (Å²) in [6.07, 6.45) is 0. The first kappa shape index (κ1) is 10.6. The van der Waals surface area contributed by atoms with Crippen molar-refractivity contribution in [3.63, 3.8) is 0 Å². The highest BCUT2D eigenvalue weighted by atomic mass is 79.9. The first-order valence-corrected chi connectivity index (χ1v) is 3.90. The lowest BCUT2D eigenvalue weighted by Gasteiger charge is -2.17. The minimum atomic E-state index is -1.09. The molecule has 5 heteroatoms. The van der Waals surface area contributed by atoms with Gasteiger partial charge in [0.05, 0.1) is 0 Å². The maximum atomic E-state index is 9.44. The van der Waals surface area contributed by atoms with Crippen molar-refractivity contribution in [2.45, 2.75) is 19.4 Å². The molecule has 0 bridgehead atoms. The molecule has 0 aromatic carbocycles. The molecule has 0 aromatic rings. The number of rotatable bonds is 3. The second-order valence-electron chi connectivity index (χ2n) is 2.56. The molecule has 0 atom stereocenters. The van der Waals surface area contributed by atoms with Crippen LogP contribution in [-0.2, 0) is 0 Å². The molecule has 0 fully saturated rings. The normalized spacial score (nSPS) is 13.0. The number of hydrogen-bond acceptors (Lipinski definition) is 4. The van der Waals surface area contributed by atoms with Gasteiger partial charge in [-0.2, -0.15) is 5.10 Å². The first-order chi connectivity index (χ1) is 4.89. The Morgan fingerprint density at radius 2 is 2.09 bits per heavy atom. The molecule has 0 radical (unpaired) electrons. The molecule has 64 valence electrons. The van der Waals surface area contributed by atoms with Crippen molar-refractivity contribution in [3.8, 4) is 0 Å². The van der Waals surface area contributed by atoms with Gasteiger partial charge in [-0.05, 0) is 29.8 Å². The topological polar surface area (TPSA) is 68.5 Å². The average molecular weight is 222 g/mol. The Kier molecular flexibility index (Phi) is 3.68. The van der Waals surface area contributed by atoms with Crippen LogP contribution in [0.5, 0.6) is 0 Å². The van der Waals surface area contributed by atoms with Crippen molar-refractivity contribution < 1.29 is 5.11 Å². The van der Waals surface area contributed by atoms with Gasteiger partial charge >= 0.3 is 0 Å². The second kappa shape index (κ2) is 3.82. The SMILES string of the molecule is CN/N=C(\C(=N)Br)C(C)(C)O. The van der Waals surface area contributed by atoms with Gasteiger partial charge < -0.3 is 10.5 Å². The summed E-state index contributed by atoms with van der Waals surface area (Å²) in [5.74, 6) is 0. The summed E-state index contributed by atoms with van der Waals surface area (Å²) in [5.41, 5.74) is 1.70. The number of halogens is 1. The van der Waals surface area contributed by atoms with E-state index >= 15 is 0 Å². The molecule has 0 spiro atoms. The van der Waals surface area contributed by atoms with E-state index in [-0.39, 0.29) is 10.3 Å². The number of nitrogens with zero attached hydrogens (tertiary/aromatic N) is 1. The van der Waals surface area contributed by atoms with Gasteiger partial charge in [0.15, 0.2) is 0 Å². The van der Waals surface area contributed by atoms with E-state index in [1.54, 1.807) is 20.9 Å². The Hall–Kier alpha value is -0.420. The number of aliphatic hydroxyl groups is 1. The van der Waals surface area contributed by atoms with Crippen LogP contribution < -0.4 is 5.43 Å². The minimum Gasteiger partial charge on any atom is -0.384 e. The standard InChI is InChI=1S/C6H12BrN3O/c1-6(2,11)4(5(7)8)10-9-3/h8-9,11H,1-3H3/b8-5?,10-4+. The molecule has 0 unspecified atom stereocenters. The Bertz CT molecular complexity index is 183. The van der Waals surface area contributed by atoms with Crippen LogP contribution in [0, 0.1) is 5.41 Å². The van der Waals surface area contributed by atoms with Crippen molar-refractivity contribution in [2.24, 2.45) is 5.10 Å². The lowest BCUT2D eigenvalue weighted by molar-refractivity contribution is 0.155. The smallest absolute Gasteiger partial charge is 0.123 e. The third kappa shape index (κ3) is 3.48. The van der Waals surface area contributed by atoms with E-state index < -0.39 is 5.60 Å². The molecule has 0 aliphatic carbocycles. The lowest BCUT2D eigenvalue weighted by Crippen LogP contribution is -2.36. The highest BCUT2D eigenvalue weighted by Gasteiger charge is 2.23. The van der Waals surface area contributed by atoms with Crippen molar-refractivity contribution >= 4 is 26.3 Å². The summed E-state index contributed by atoms with van der Waals surface area (Å²) in [7, 11) is 1.61. The van der Waals surface area contributed by atoms with E-state index in [1.165, 1.54) is 0 Å². The summed E-state index contributed by atoms with van der Waals surface area (Å²) in [5, 5.41) is 20.4. The van der Waals surface area contributed by atoms with E-state index in [1.807, 2.05) is 0 Å². The lowest BCUT2D eigenvalue weighted by atomic mass is 10.0. The molecular weight excluding hydrogens is 210 g/mol. The zero-order valence-electron chi connectivity index (χ0n) is 6.77. The summed E-state index contributed by atoms with van der Waals surface area (Å²) >= 11 is 2.93. The second-order valence-corrected chi connectivity index (χ2v) is 3.35. The summed E-state index contributed by atoms with van der Waals surface area (Å²) in [6.45, 7) is 3.14. The van der Waals surface area contributed by atoms with Crippen LogP contribution >= 0.6 is 15.9 Å². The van der Waals surface area contributed by atoms with Crippen LogP contribution in [0.3, 0.4) is 0 Å². The molecule has 0 saturated heterocycles. The molecule has 3 N–H and O–H groups in total. The third-order valence-corrected chi connectivity index (χ3v) is 1.39. The summed E-state index contributed by atoms with van der Waals surface area (Å²) < 4.78 is 0.0827. The van der Waals surface area contributed by atoms with Crippen molar-refractivity contribution in [1.82, 2.24) is 5.43 Å². The molecule has 4 nitrogen and oxygen atoms in total. The van der Waals surface area contributed by atoms with E-state index in [0.717, 1.165) is 0 Å². The third-order valence-electron chi connectivity index (χ3n) is 1.01. The van der Waals surface area contributed by atoms with Gasteiger partial charge in [-0.3, -0.25) is 5.41 Å². The predicted molar refractivity (Wildman–Crippen MR) is 49.4 cm³/mol. The zero-order chi connectivity index (χ0) is 9.07. The molecule has 11 heavy (non-hydrogen) atoms. The molecule has 0 aliphatic heterocycles. The molecule has 0 aliphatic rings. The van der Waals surface area contributed by atoms with Gasteiger partial charge in [-0.15, -0.1) is 0 Å². The minimum absolute atomic E-state index is 0.0827. The van der Waals surface area contributed by atoms with Crippen LogP contribution in [0.1, 0.15) is 13.8 Å². The van der Waals surface area contributed by atoms with Gasteiger partial charge in [0.1, 0.15) is 15.9 Å². The fraction of sp³-hybridized carbons (Fsp3) is 0.667. The Labute approximate surface area is 74.3 Å². The van der Waals surface area contributed by atoms with Crippen LogP contribution in [0.25, 0.3) is 0 Å². The molecule has 0 amide bonds. The molecule has 0 aromatic heterocycles. The van der Waals surface area contributed by atoms with Crippen molar-refractivity contribution in [3.05, 3.63) is 0 Å². The van der Waals surface area contributed by atoms with Gasteiger partial charge in [0.25, 0.3) is 0 Å². The maximum Gasteiger partial charge on any atom is 0.123 e. The van der Waals surface area contributed by atoms with Crippen LogP contribution in [-0.4, -0.2) is 28.1 Å². The first-order valence-electron chi connectivity index (χ1n) is 3.11. The van der Waals surface area contributed by atoms with Crippen molar-refractivity contribution in [1.29, 1.82) is 5.41 Å². The van der Waals surface area contributed by atoms with Gasteiger partial charge in [0.2, 0.25) is 0 Å². The van der Waals surface area contributed by atoms with Crippen LogP contribution in [0.4, 0.5) is 0 Å². The fourth-order valence-electron chi connectivity index (χ4n) is 0.566. The van der Waals surface area contributed by atoms with E-state index in [9.17, 15) is 5.11 Å². The Balaban J connectivity index is 4.63. The predicted octanol–water partition coefficient (Wildman–Crippen LogP) is 0.705. The van der Waals surface area contributed by atoms with Gasteiger partial charge in [-0.1, -0.05) is 0 Å². The van der Waals surface area contributed by atoms with Crippen LogP contribution in [0.15, 0.2) is 5.10 Å². The summed E-state index contributed by atoms with van der Waals surface area (Å²) in [6, 6.07) is 0. The molecule has 0 heterocycles. The van der Waals surface area contributed by atoms with Gasteiger partial charge in [0, 0.05) is 7.05 Å². The molecular formula is C6H12BrN3O. The number of hydrazone groups is 1. The highest BCUT2D eigenvalue weighted by Crippen LogP contribution is 2.08. The van der Waals surface area contributed by atoms with Crippen LogP contribution in [0.2, 0.25) is 0 Å². The highest BCUT2D eigenvalue weighted by molar-refractivity contribution is 9.19. The Morgan fingerprint density at radius 3 is 2.18 bits per heavy atom. The Morgan fingerprint density at radius 1 is 1.64 bits per heavy atom. The fourth-order valence-corrected chi connectivity index (χ4v) is 1.14. The van der Waals surface area contributed by atoms with Gasteiger partial charge in [-0.25, -0.2) is 0 Å².